The van der Waals surface area contributed by atoms with Crippen molar-refractivity contribution in [2.75, 3.05) is 7.05 Å². The fourth-order valence-corrected chi connectivity index (χ4v) is 1.52. The first-order valence-corrected chi connectivity index (χ1v) is 4.68. The van der Waals surface area contributed by atoms with E-state index in [-0.39, 0.29) is 0 Å². The van der Waals surface area contributed by atoms with Gasteiger partial charge in [0, 0.05) is 6.04 Å². The van der Waals surface area contributed by atoms with Crippen molar-refractivity contribution in [3.05, 3.63) is 0 Å². The number of hydrazine groups is 1. The molecule has 0 fully saturated rings. The van der Waals surface area contributed by atoms with Gasteiger partial charge in [-0.3, -0.25) is 10.9 Å². The molecule has 0 bridgehead atoms. The Morgan fingerprint density at radius 1 is 1.27 bits per heavy atom. The molecule has 2 heteroatoms. The third-order valence-electron chi connectivity index (χ3n) is 2.26. The van der Waals surface area contributed by atoms with Gasteiger partial charge in [0.1, 0.15) is 0 Å². The predicted octanol–water partition coefficient (Wildman–Crippen LogP) is 1.93. The maximum absolute atomic E-state index is 3.23. The monoisotopic (exact) mass is 158 g/mol. The minimum atomic E-state index is 0.588. The zero-order chi connectivity index (χ0) is 8.69. The molecule has 0 rings (SSSR count). The number of hydrogen-bond donors (Lipinski definition) is 2. The molecule has 2 unspecified atom stereocenters. The van der Waals surface area contributed by atoms with Gasteiger partial charge in [-0.15, -0.1) is 0 Å². The van der Waals surface area contributed by atoms with Crippen molar-refractivity contribution < 1.29 is 0 Å². The van der Waals surface area contributed by atoms with E-state index in [1.807, 2.05) is 7.05 Å². The Morgan fingerprint density at radius 3 is 2.27 bits per heavy atom. The molecule has 0 aliphatic heterocycles. The summed E-state index contributed by atoms with van der Waals surface area (Å²) in [5.41, 5.74) is 6.22. The molecule has 0 aromatic carbocycles. The van der Waals surface area contributed by atoms with Gasteiger partial charge in [-0.05, 0) is 26.3 Å². The van der Waals surface area contributed by atoms with Gasteiger partial charge in [0.05, 0.1) is 0 Å². The molecule has 0 radical (unpaired) electrons. The predicted molar refractivity (Wildman–Crippen MR) is 50.3 cm³/mol. The Morgan fingerprint density at radius 2 is 1.91 bits per heavy atom. The molecule has 0 saturated heterocycles. The lowest BCUT2D eigenvalue weighted by molar-refractivity contribution is 0.319. The Kier molecular flexibility index (Phi) is 6.57. The van der Waals surface area contributed by atoms with Crippen molar-refractivity contribution in [2.24, 2.45) is 5.92 Å². The lowest BCUT2D eigenvalue weighted by Gasteiger charge is -2.22. The van der Waals surface area contributed by atoms with Crippen molar-refractivity contribution >= 4 is 0 Å². The molecule has 0 spiro atoms. The minimum absolute atomic E-state index is 0.588. The quantitative estimate of drug-likeness (QED) is 0.577. The summed E-state index contributed by atoms with van der Waals surface area (Å²) in [5.74, 6) is 0.812. The fourth-order valence-electron chi connectivity index (χ4n) is 1.52. The van der Waals surface area contributed by atoms with E-state index in [0.717, 1.165) is 5.92 Å². The molecule has 0 aliphatic rings. The summed E-state index contributed by atoms with van der Waals surface area (Å²) in [6, 6.07) is 0.588. The number of rotatable bonds is 6. The molecule has 0 aliphatic carbocycles. The summed E-state index contributed by atoms with van der Waals surface area (Å²) in [6.45, 7) is 6.74. The summed E-state index contributed by atoms with van der Waals surface area (Å²) in [5, 5.41) is 0. The summed E-state index contributed by atoms with van der Waals surface area (Å²) >= 11 is 0. The summed E-state index contributed by atoms with van der Waals surface area (Å²) < 4.78 is 0. The van der Waals surface area contributed by atoms with Crippen LogP contribution in [0, 0.1) is 5.92 Å². The van der Waals surface area contributed by atoms with Crippen LogP contribution in [0.25, 0.3) is 0 Å². The molecule has 0 heterocycles. The SMILES string of the molecule is CCCC(CC)C(C)NNC. The smallest absolute Gasteiger partial charge is 0.0212 e. The number of hydrogen-bond acceptors (Lipinski definition) is 2. The maximum Gasteiger partial charge on any atom is 0.0212 e. The Balaban J connectivity index is 3.61. The van der Waals surface area contributed by atoms with Gasteiger partial charge in [0.2, 0.25) is 0 Å². The molecule has 0 saturated carbocycles. The van der Waals surface area contributed by atoms with Crippen LogP contribution in [0.5, 0.6) is 0 Å². The van der Waals surface area contributed by atoms with Crippen LogP contribution in [0.4, 0.5) is 0 Å². The number of nitrogens with one attached hydrogen (secondary N) is 2. The van der Waals surface area contributed by atoms with Gasteiger partial charge in [0.15, 0.2) is 0 Å². The van der Waals surface area contributed by atoms with E-state index in [1.165, 1.54) is 19.3 Å². The van der Waals surface area contributed by atoms with Crippen LogP contribution < -0.4 is 10.9 Å². The minimum Gasteiger partial charge on any atom is -0.261 e. The second-order valence-corrected chi connectivity index (χ2v) is 3.14. The largest absolute Gasteiger partial charge is 0.261 e. The van der Waals surface area contributed by atoms with Crippen LogP contribution in [0.3, 0.4) is 0 Å². The fraction of sp³-hybridized carbons (Fsp3) is 1.00. The topological polar surface area (TPSA) is 24.1 Å². The maximum atomic E-state index is 3.23. The first-order valence-electron chi connectivity index (χ1n) is 4.68. The average Bonchev–Trinajstić information content (AvgIpc) is 2.00. The van der Waals surface area contributed by atoms with E-state index < -0.39 is 0 Å². The van der Waals surface area contributed by atoms with Crippen LogP contribution in [0.2, 0.25) is 0 Å². The van der Waals surface area contributed by atoms with Gasteiger partial charge in [-0.2, -0.15) is 0 Å². The molecular weight excluding hydrogens is 136 g/mol. The Bertz CT molecular complexity index is 83.6. The molecule has 68 valence electrons. The normalized spacial score (nSPS) is 16.4. The summed E-state index contributed by atoms with van der Waals surface area (Å²) in [7, 11) is 1.93. The van der Waals surface area contributed by atoms with Crippen molar-refractivity contribution in [3.8, 4) is 0 Å². The van der Waals surface area contributed by atoms with E-state index >= 15 is 0 Å². The van der Waals surface area contributed by atoms with Gasteiger partial charge in [-0.1, -0.05) is 26.7 Å². The molecule has 2 nitrogen and oxygen atoms in total. The van der Waals surface area contributed by atoms with Crippen molar-refractivity contribution in [1.29, 1.82) is 0 Å². The van der Waals surface area contributed by atoms with Gasteiger partial charge >= 0.3 is 0 Å². The molecule has 2 atom stereocenters. The Hall–Kier alpha value is -0.0800. The highest BCUT2D eigenvalue weighted by molar-refractivity contribution is 4.68. The highest BCUT2D eigenvalue weighted by Crippen LogP contribution is 2.14. The van der Waals surface area contributed by atoms with Crippen LogP contribution in [0.15, 0.2) is 0 Å². The summed E-state index contributed by atoms with van der Waals surface area (Å²) in [6.07, 6.45) is 3.88. The second kappa shape index (κ2) is 6.62. The van der Waals surface area contributed by atoms with Crippen LogP contribution >= 0.6 is 0 Å². The highest BCUT2D eigenvalue weighted by Gasteiger charge is 2.12. The van der Waals surface area contributed by atoms with E-state index in [9.17, 15) is 0 Å². The van der Waals surface area contributed by atoms with Gasteiger partial charge < -0.3 is 0 Å². The van der Waals surface area contributed by atoms with Crippen molar-refractivity contribution in [2.45, 2.75) is 46.1 Å². The first-order chi connectivity index (χ1) is 5.26. The van der Waals surface area contributed by atoms with Gasteiger partial charge in [0.25, 0.3) is 0 Å². The van der Waals surface area contributed by atoms with E-state index in [0.29, 0.717) is 6.04 Å². The lowest BCUT2D eigenvalue weighted by Crippen LogP contribution is -2.40. The van der Waals surface area contributed by atoms with Crippen LogP contribution in [-0.4, -0.2) is 13.1 Å². The first kappa shape index (κ1) is 10.9. The third-order valence-corrected chi connectivity index (χ3v) is 2.26. The molecule has 11 heavy (non-hydrogen) atoms. The zero-order valence-corrected chi connectivity index (χ0v) is 8.28. The van der Waals surface area contributed by atoms with Crippen molar-refractivity contribution in [1.82, 2.24) is 10.9 Å². The summed E-state index contributed by atoms with van der Waals surface area (Å²) in [4.78, 5) is 0. The molecular formula is C9H22N2. The Labute approximate surface area is 70.7 Å². The third kappa shape index (κ3) is 4.38. The van der Waals surface area contributed by atoms with Gasteiger partial charge in [-0.25, -0.2) is 0 Å². The van der Waals surface area contributed by atoms with Crippen molar-refractivity contribution in [3.63, 3.8) is 0 Å². The standard InChI is InChI=1S/C9H22N2/c1-5-7-9(6-2)8(3)11-10-4/h8-11H,5-7H2,1-4H3. The van der Waals surface area contributed by atoms with Crippen LogP contribution in [-0.2, 0) is 0 Å². The van der Waals surface area contributed by atoms with E-state index in [2.05, 4.69) is 31.6 Å². The molecule has 0 aromatic rings. The second-order valence-electron chi connectivity index (χ2n) is 3.14. The van der Waals surface area contributed by atoms with Crippen LogP contribution in [0.1, 0.15) is 40.0 Å². The lowest BCUT2D eigenvalue weighted by atomic mass is 9.94. The van der Waals surface area contributed by atoms with E-state index in [4.69, 9.17) is 0 Å². The highest BCUT2D eigenvalue weighted by atomic mass is 15.3. The zero-order valence-electron chi connectivity index (χ0n) is 8.28. The average molecular weight is 158 g/mol. The molecule has 0 amide bonds. The molecule has 2 N–H and O–H groups in total. The van der Waals surface area contributed by atoms with E-state index in [1.54, 1.807) is 0 Å². The molecule has 0 aromatic heterocycles.